The number of carbonyl (C=O) groups excluding carboxylic acids is 1. The molecule has 0 aliphatic carbocycles. The Kier molecular flexibility index (Phi) is 4.49. The highest BCUT2D eigenvalue weighted by atomic mass is 16.3. The highest BCUT2D eigenvalue weighted by Gasteiger charge is 1.99. The van der Waals surface area contributed by atoms with Crippen molar-refractivity contribution in [2.75, 3.05) is 0 Å². The Morgan fingerprint density at radius 1 is 0.950 bits per heavy atom. The van der Waals surface area contributed by atoms with E-state index in [-0.39, 0.29) is 5.78 Å². The molecule has 2 nitrogen and oxygen atoms in total. The number of rotatable bonds is 4. The Bertz CT molecular complexity index is 605. The number of aliphatic hydroxyl groups is 1. The first-order valence-electron chi connectivity index (χ1n) is 6.63. The van der Waals surface area contributed by atoms with Gasteiger partial charge in [0, 0.05) is 5.56 Å². The van der Waals surface area contributed by atoms with Crippen LogP contribution < -0.4 is 0 Å². The molecule has 0 aromatic heterocycles. The summed E-state index contributed by atoms with van der Waals surface area (Å²) in [6.45, 7) is 3.32. The molecule has 2 aromatic carbocycles. The molecular formula is C18H18O2. The molecule has 0 heterocycles. The van der Waals surface area contributed by atoms with Crippen molar-refractivity contribution in [2.24, 2.45) is 0 Å². The van der Waals surface area contributed by atoms with Crippen molar-refractivity contribution >= 4 is 17.9 Å². The van der Waals surface area contributed by atoms with Crippen LogP contribution >= 0.6 is 0 Å². The Morgan fingerprint density at radius 3 is 1.80 bits per heavy atom. The molecule has 0 aliphatic heterocycles. The predicted molar refractivity (Wildman–Crippen MR) is 82.5 cm³/mol. The van der Waals surface area contributed by atoms with E-state index in [4.69, 9.17) is 0 Å². The average molecular weight is 266 g/mol. The number of benzene rings is 2. The highest BCUT2D eigenvalue weighted by Crippen LogP contribution is 2.15. The van der Waals surface area contributed by atoms with Crippen molar-refractivity contribution in [3.63, 3.8) is 0 Å². The predicted octanol–water partition coefficient (Wildman–Crippen LogP) is 4.11. The first kappa shape index (κ1) is 14.2. The summed E-state index contributed by atoms with van der Waals surface area (Å²) >= 11 is 0. The molecule has 1 atom stereocenters. The fraction of sp³-hybridized carbons (Fsp3) is 0.167. The lowest BCUT2D eigenvalue weighted by molar-refractivity contribution is 0.101. The van der Waals surface area contributed by atoms with Crippen LogP contribution in [0.3, 0.4) is 0 Å². The molecule has 2 aromatic rings. The van der Waals surface area contributed by atoms with Gasteiger partial charge in [-0.3, -0.25) is 4.79 Å². The topological polar surface area (TPSA) is 37.3 Å². The quantitative estimate of drug-likeness (QED) is 0.668. The molecule has 1 unspecified atom stereocenters. The van der Waals surface area contributed by atoms with Crippen LogP contribution in [0.25, 0.3) is 12.2 Å². The maximum absolute atomic E-state index is 11.2. The van der Waals surface area contributed by atoms with Gasteiger partial charge in [0.05, 0.1) is 6.10 Å². The van der Waals surface area contributed by atoms with E-state index in [1.54, 1.807) is 13.8 Å². The van der Waals surface area contributed by atoms with Crippen LogP contribution in [-0.4, -0.2) is 10.9 Å². The number of Topliss-reactive ketones (excluding diaryl/α,β-unsaturated/α-hetero) is 1. The van der Waals surface area contributed by atoms with E-state index < -0.39 is 6.10 Å². The molecule has 0 radical (unpaired) electrons. The van der Waals surface area contributed by atoms with Crippen molar-refractivity contribution in [2.45, 2.75) is 20.0 Å². The van der Waals surface area contributed by atoms with Crippen LogP contribution in [0.2, 0.25) is 0 Å². The van der Waals surface area contributed by atoms with Gasteiger partial charge in [0.1, 0.15) is 0 Å². The van der Waals surface area contributed by atoms with Gasteiger partial charge in [-0.25, -0.2) is 0 Å². The maximum atomic E-state index is 11.2. The van der Waals surface area contributed by atoms with Gasteiger partial charge < -0.3 is 5.11 Å². The summed E-state index contributed by atoms with van der Waals surface area (Å²) in [6, 6.07) is 15.3. The molecule has 0 saturated carbocycles. The van der Waals surface area contributed by atoms with Crippen LogP contribution in [-0.2, 0) is 0 Å². The molecule has 0 amide bonds. The van der Waals surface area contributed by atoms with E-state index in [0.29, 0.717) is 0 Å². The molecule has 102 valence electrons. The normalized spacial score (nSPS) is 12.6. The van der Waals surface area contributed by atoms with Crippen molar-refractivity contribution in [1.82, 2.24) is 0 Å². The number of hydrogen-bond donors (Lipinski definition) is 1. The smallest absolute Gasteiger partial charge is 0.159 e. The second-order valence-electron chi connectivity index (χ2n) is 4.85. The van der Waals surface area contributed by atoms with E-state index in [1.807, 2.05) is 60.7 Å². The molecule has 1 N–H and O–H groups in total. The third-order valence-corrected chi connectivity index (χ3v) is 3.20. The van der Waals surface area contributed by atoms with Crippen molar-refractivity contribution < 1.29 is 9.90 Å². The molecule has 0 fully saturated rings. The van der Waals surface area contributed by atoms with Gasteiger partial charge in [0.15, 0.2) is 5.78 Å². The van der Waals surface area contributed by atoms with Crippen molar-refractivity contribution in [3.8, 4) is 0 Å². The first-order chi connectivity index (χ1) is 9.56. The summed E-state index contributed by atoms with van der Waals surface area (Å²) in [4.78, 5) is 11.2. The first-order valence-corrected chi connectivity index (χ1v) is 6.63. The summed E-state index contributed by atoms with van der Waals surface area (Å²) in [5, 5.41) is 9.45. The van der Waals surface area contributed by atoms with Crippen LogP contribution in [0.4, 0.5) is 0 Å². The van der Waals surface area contributed by atoms with Gasteiger partial charge in [-0.15, -0.1) is 0 Å². The fourth-order valence-electron chi connectivity index (χ4n) is 1.91. The van der Waals surface area contributed by atoms with Crippen LogP contribution in [0.15, 0.2) is 48.5 Å². The monoisotopic (exact) mass is 266 g/mol. The van der Waals surface area contributed by atoms with Gasteiger partial charge in [0.2, 0.25) is 0 Å². The van der Waals surface area contributed by atoms with Crippen molar-refractivity contribution in [1.29, 1.82) is 0 Å². The number of ketones is 1. The lowest BCUT2D eigenvalue weighted by atomic mass is 10.1. The summed E-state index contributed by atoms with van der Waals surface area (Å²) in [6.07, 6.45) is 3.57. The van der Waals surface area contributed by atoms with Crippen LogP contribution in [0, 0.1) is 0 Å². The summed E-state index contributed by atoms with van der Waals surface area (Å²) < 4.78 is 0. The Balaban J connectivity index is 2.10. The third kappa shape index (κ3) is 3.65. The average Bonchev–Trinajstić information content (AvgIpc) is 2.46. The minimum Gasteiger partial charge on any atom is -0.389 e. The van der Waals surface area contributed by atoms with E-state index >= 15 is 0 Å². The molecule has 0 saturated heterocycles. The van der Waals surface area contributed by atoms with Gasteiger partial charge in [-0.1, -0.05) is 60.7 Å². The molecule has 2 heteroatoms. The van der Waals surface area contributed by atoms with Gasteiger partial charge in [-0.05, 0) is 30.5 Å². The number of aliphatic hydroxyl groups excluding tert-OH is 1. The second-order valence-corrected chi connectivity index (χ2v) is 4.85. The SMILES string of the molecule is CC(=O)c1ccc(/C=C/c2ccc(C(C)O)cc2)cc1. The number of hydrogen-bond acceptors (Lipinski definition) is 2. The van der Waals surface area contributed by atoms with E-state index in [9.17, 15) is 9.90 Å². The summed E-state index contributed by atoms with van der Waals surface area (Å²) in [7, 11) is 0. The Morgan fingerprint density at radius 2 is 1.40 bits per heavy atom. The van der Waals surface area contributed by atoms with Gasteiger partial charge in [0.25, 0.3) is 0 Å². The zero-order valence-electron chi connectivity index (χ0n) is 11.7. The summed E-state index contributed by atoms with van der Waals surface area (Å²) in [5.74, 6) is 0.0780. The maximum Gasteiger partial charge on any atom is 0.159 e. The lowest BCUT2D eigenvalue weighted by Crippen LogP contribution is -1.90. The minimum atomic E-state index is -0.438. The second kappa shape index (κ2) is 6.31. The molecule has 2 rings (SSSR count). The van der Waals surface area contributed by atoms with Gasteiger partial charge >= 0.3 is 0 Å². The Hall–Kier alpha value is -2.19. The van der Waals surface area contributed by atoms with E-state index in [1.165, 1.54) is 0 Å². The minimum absolute atomic E-state index is 0.0780. The molecule has 0 aliphatic rings. The molecular weight excluding hydrogens is 248 g/mol. The highest BCUT2D eigenvalue weighted by molar-refractivity contribution is 5.94. The Labute approximate surface area is 119 Å². The van der Waals surface area contributed by atoms with Crippen molar-refractivity contribution in [3.05, 3.63) is 70.8 Å². The van der Waals surface area contributed by atoms with Gasteiger partial charge in [-0.2, -0.15) is 0 Å². The van der Waals surface area contributed by atoms with Crippen LogP contribution in [0.1, 0.15) is 47.0 Å². The van der Waals surface area contributed by atoms with Crippen LogP contribution in [0.5, 0.6) is 0 Å². The largest absolute Gasteiger partial charge is 0.389 e. The zero-order valence-corrected chi connectivity index (χ0v) is 11.7. The fourth-order valence-corrected chi connectivity index (χ4v) is 1.91. The summed E-state index contributed by atoms with van der Waals surface area (Å²) in [5.41, 5.74) is 3.76. The zero-order chi connectivity index (χ0) is 14.5. The lowest BCUT2D eigenvalue weighted by Gasteiger charge is -2.04. The molecule has 0 spiro atoms. The molecule has 0 bridgehead atoms. The van der Waals surface area contributed by atoms with E-state index in [2.05, 4.69) is 0 Å². The van der Waals surface area contributed by atoms with E-state index in [0.717, 1.165) is 22.3 Å². The third-order valence-electron chi connectivity index (χ3n) is 3.20. The molecule has 20 heavy (non-hydrogen) atoms. The number of carbonyl (C=O) groups is 1. The standard InChI is InChI=1S/C18H18O2/c1-13(19)17-9-5-15(6-10-17)3-4-16-7-11-18(12-8-16)14(2)20/h3-13,19H,1-2H3/b4-3+.